The number of hydroxylamine groups is 1. The second-order valence-electron chi connectivity index (χ2n) is 8.69. The van der Waals surface area contributed by atoms with Crippen molar-refractivity contribution in [3.63, 3.8) is 0 Å². The summed E-state index contributed by atoms with van der Waals surface area (Å²) in [5, 5.41) is 9.70. The van der Waals surface area contributed by atoms with Crippen molar-refractivity contribution < 1.29 is 9.94 Å². The SMILES string of the molecule is CCCc1nc2c(C)cccc2n1Cc1ccc2c(c1)COc1ccccc1/C2=C(/C)NO. The van der Waals surface area contributed by atoms with Gasteiger partial charge in [0.25, 0.3) is 0 Å². The van der Waals surface area contributed by atoms with Crippen molar-refractivity contribution in [2.45, 2.75) is 46.8 Å². The van der Waals surface area contributed by atoms with Gasteiger partial charge in [-0.25, -0.2) is 4.98 Å². The molecule has 3 aromatic carbocycles. The third-order valence-corrected chi connectivity index (χ3v) is 6.40. The molecule has 0 amide bonds. The van der Waals surface area contributed by atoms with Gasteiger partial charge < -0.3 is 9.30 Å². The molecule has 1 aliphatic heterocycles. The third kappa shape index (κ3) is 3.79. The zero-order valence-electron chi connectivity index (χ0n) is 19.4. The van der Waals surface area contributed by atoms with E-state index >= 15 is 0 Å². The van der Waals surface area contributed by atoms with Crippen molar-refractivity contribution in [2.24, 2.45) is 0 Å². The largest absolute Gasteiger partial charge is 0.488 e. The van der Waals surface area contributed by atoms with E-state index in [1.54, 1.807) is 0 Å². The number of para-hydroxylation sites is 2. The van der Waals surface area contributed by atoms with Crippen LogP contribution in [0.5, 0.6) is 5.75 Å². The molecule has 5 heteroatoms. The fourth-order valence-electron chi connectivity index (χ4n) is 4.78. The number of hydrogen-bond donors (Lipinski definition) is 2. The van der Waals surface area contributed by atoms with Crippen LogP contribution in [0.4, 0.5) is 0 Å². The number of aryl methyl sites for hydroxylation is 2. The van der Waals surface area contributed by atoms with Crippen LogP contribution in [-0.2, 0) is 19.6 Å². The minimum Gasteiger partial charge on any atom is -0.488 e. The Labute approximate surface area is 194 Å². The maximum Gasteiger partial charge on any atom is 0.127 e. The summed E-state index contributed by atoms with van der Waals surface area (Å²) in [6.07, 6.45) is 2.01. The minimum atomic E-state index is 0.480. The summed E-state index contributed by atoms with van der Waals surface area (Å²) in [6.45, 7) is 7.43. The van der Waals surface area contributed by atoms with Gasteiger partial charge in [0.05, 0.1) is 11.0 Å². The highest BCUT2D eigenvalue weighted by molar-refractivity contribution is 5.86. The minimum absolute atomic E-state index is 0.480. The van der Waals surface area contributed by atoms with E-state index < -0.39 is 0 Å². The van der Waals surface area contributed by atoms with Crippen LogP contribution in [0, 0.1) is 6.92 Å². The summed E-state index contributed by atoms with van der Waals surface area (Å²) in [7, 11) is 0. The van der Waals surface area contributed by atoms with Gasteiger partial charge in [-0.1, -0.05) is 49.4 Å². The number of rotatable bonds is 5. The van der Waals surface area contributed by atoms with Gasteiger partial charge in [-0.3, -0.25) is 10.7 Å². The van der Waals surface area contributed by atoms with Crippen LogP contribution in [-0.4, -0.2) is 14.8 Å². The topological polar surface area (TPSA) is 59.3 Å². The first-order chi connectivity index (χ1) is 16.1. The van der Waals surface area contributed by atoms with E-state index in [-0.39, 0.29) is 0 Å². The molecule has 0 fully saturated rings. The van der Waals surface area contributed by atoms with Crippen molar-refractivity contribution in [1.29, 1.82) is 0 Å². The van der Waals surface area contributed by atoms with E-state index in [4.69, 9.17) is 9.72 Å². The Hall–Kier alpha value is -3.57. The van der Waals surface area contributed by atoms with Crippen molar-refractivity contribution in [1.82, 2.24) is 15.0 Å². The Morgan fingerprint density at radius 1 is 1.09 bits per heavy atom. The van der Waals surface area contributed by atoms with Crippen molar-refractivity contribution in [3.8, 4) is 5.75 Å². The molecule has 5 rings (SSSR count). The van der Waals surface area contributed by atoms with Crippen LogP contribution >= 0.6 is 0 Å². The lowest BCUT2D eigenvalue weighted by molar-refractivity contribution is 0.201. The number of fused-ring (bicyclic) bond motifs is 3. The number of aromatic nitrogens is 2. The highest BCUT2D eigenvalue weighted by Crippen LogP contribution is 2.38. The molecule has 0 radical (unpaired) electrons. The number of allylic oxidation sites excluding steroid dienone is 1. The normalized spacial score (nSPS) is 14.3. The molecule has 0 saturated carbocycles. The highest BCUT2D eigenvalue weighted by atomic mass is 16.5. The van der Waals surface area contributed by atoms with Crippen LogP contribution < -0.4 is 10.2 Å². The Balaban J connectivity index is 1.60. The molecule has 1 aliphatic rings. The molecular weight excluding hydrogens is 410 g/mol. The summed E-state index contributed by atoms with van der Waals surface area (Å²) >= 11 is 0. The van der Waals surface area contributed by atoms with Crippen LogP contribution in [0.25, 0.3) is 16.6 Å². The molecule has 0 aliphatic carbocycles. The molecule has 5 nitrogen and oxygen atoms in total. The van der Waals surface area contributed by atoms with Gasteiger partial charge in [-0.15, -0.1) is 0 Å². The molecule has 0 spiro atoms. The monoisotopic (exact) mass is 439 g/mol. The van der Waals surface area contributed by atoms with Gasteiger partial charge in [0.15, 0.2) is 0 Å². The number of benzene rings is 3. The van der Waals surface area contributed by atoms with Gasteiger partial charge in [0, 0.05) is 29.8 Å². The fraction of sp³-hybridized carbons (Fsp3) is 0.250. The van der Waals surface area contributed by atoms with Crippen LogP contribution in [0.2, 0.25) is 0 Å². The predicted octanol–water partition coefficient (Wildman–Crippen LogP) is 6.00. The molecule has 1 aromatic heterocycles. The van der Waals surface area contributed by atoms with E-state index in [1.165, 1.54) is 16.6 Å². The van der Waals surface area contributed by atoms with Gasteiger partial charge in [-0.05, 0) is 60.7 Å². The quantitative estimate of drug-likeness (QED) is 0.375. The average Bonchev–Trinajstić information content (AvgIpc) is 3.08. The van der Waals surface area contributed by atoms with Crippen LogP contribution in [0.3, 0.4) is 0 Å². The Kier molecular flexibility index (Phi) is 5.65. The fourth-order valence-corrected chi connectivity index (χ4v) is 4.78. The molecule has 0 atom stereocenters. The lowest BCUT2D eigenvalue weighted by Gasteiger charge is -2.15. The standard InChI is InChI=1S/C28H29N3O2/c1-4-8-26-29-28-18(2)9-7-11-24(28)31(26)16-20-13-14-22-21(15-20)17-33-25-12-6-5-10-23(25)27(22)19(3)30-32/h5-7,9-15,30,32H,4,8,16-17H2,1-3H3/b27-19-. The molecule has 2 N–H and O–H groups in total. The first-order valence-electron chi connectivity index (χ1n) is 11.5. The highest BCUT2D eigenvalue weighted by Gasteiger charge is 2.22. The van der Waals surface area contributed by atoms with Crippen LogP contribution in [0.15, 0.2) is 66.4 Å². The summed E-state index contributed by atoms with van der Waals surface area (Å²) in [4.78, 5) is 4.97. The van der Waals surface area contributed by atoms with E-state index in [0.717, 1.165) is 58.7 Å². The average molecular weight is 440 g/mol. The molecule has 4 aromatic rings. The Bertz CT molecular complexity index is 1370. The summed E-state index contributed by atoms with van der Waals surface area (Å²) in [5.41, 5.74) is 11.8. The molecule has 2 heterocycles. The number of hydrogen-bond acceptors (Lipinski definition) is 4. The second-order valence-corrected chi connectivity index (χ2v) is 8.69. The molecule has 168 valence electrons. The molecule has 0 bridgehead atoms. The Morgan fingerprint density at radius 2 is 1.94 bits per heavy atom. The zero-order valence-corrected chi connectivity index (χ0v) is 19.4. The van der Waals surface area contributed by atoms with Gasteiger partial charge in [0.2, 0.25) is 0 Å². The van der Waals surface area contributed by atoms with Crippen LogP contribution in [0.1, 0.15) is 53.9 Å². The van der Waals surface area contributed by atoms with E-state index in [1.807, 2.05) is 31.2 Å². The first kappa shape index (κ1) is 21.3. The second kappa shape index (κ2) is 8.75. The maximum atomic E-state index is 9.70. The van der Waals surface area contributed by atoms with Gasteiger partial charge >= 0.3 is 0 Å². The van der Waals surface area contributed by atoms with Gasteiger partial charge in [0.1, 0.15) is 18.2 Å². The number of nitrogens with zero attached hydrogens (tertiary/aromatic N) is 2. The third-order valence-electron chi connectivity index (χ3n) is 6.40. The van der Waals surface area contributed by atoms with Crippen molar-refractivity contribution >= 4 is 16.6 Å². The maximum absolute atomic E-state index is 9.70. The Morgan fingerprint density at radius 3 is 2.76 bits per heavy atom. The van der Waals surface area contributed by atoms with Crippen molar-refractivity contribution in [3.05, 3.63) is 100 Å². The van der Waals surface area contributed by atoms with E-state index in [0.29, 0.717) is 12.3 Å². The predicted molar refractivity (Wildman–Crippen MR) is 131 cm³/mol. The molecule has 0 saturated heterocycles. The smallest absolute Gasteiger partial charge is 0.127 e. The van der Waals surface area contributed by atoms with E-state index in [9.17, 15) is 5.21 Å². The molecule has 0 unspecified atom stereocenters. The summed E-state index contributed by atoms with van der Waals surface area (Å²) in [5.74, 6) is 1.95. The number of ether oxygens (including phenoxy) is 1. The lowest BCUT2D eigenvalue weighted by Crippen LogP contribution is -2.09. The summed E-state index contributed by atoms with van der Waals surface area (Å²) < 4.78 is 8.52. The number of imidazole rings is 1. The zero-order chi connectivity index (χ0) is 22.9. The first-order valence-corrected chi connectivity index (χ1v) is 11.5. The van der Waals surface area contributed by atoms with Crippen molar-refractivity contribution in [2.75, 3.05) is 0 Å². The molecular formula is C28H29N3O2. The lowest BCUT2D eigenvalue weighted by atomic mass is 9.92. The van der Waals surface area contributed by atoms with Gasteiger partial charge in [-0.2, -0.15) is 0 Å². The van der Waals surface area contributed by atoms with E-state index in [2.05, 4.69) is 60.3 Å². The summed E-state index contributed by atoms with van der Waals surface area (Å²) in [6, 6.07) is 20.9. The molecule has 33 heavy (non-hydrogen) atoms. The number of nitrogens with one attached hydrogen (secondary N) is 1.